The number of hydrogen-bond donors (Lipinski definition) is 0. The van der Waals surface area contributed by atoms with Gasteiger partial charge in [-0.1, -0.05) is 29.8 Å². The van der Waals surface area contributed by atoms with Crippen LogP contribution in [0.15, 0.2) is 46.9 Å². The zero-order valence-corrected chi connectivity index (χ0v) is 11.5. The number of para-hydroxylation sites is 1. The van der Waals surface area contributed by atoms with Crippen molar-refractivity contribution in [2.24, 2.45) is 0 Å². The lowest BCUT2D eigenvalue weighted by Gasteiger charge is -2.05. The Balaban J connectivity index is 1.91. The summed E-state index contributed by atoms with van der Waals surface area (Å²) in [6.45, 7) is 0.165. The first kappa shape index (κ1) is 13.5. The molecule has 2 aromatic carbocycles. The molecule has 21 heavy (non-hydrogen) atoms. The minimum absolute atomic E-state index is 0.0358. The van der Waals surface area contributed by atoms with Crippen LogP contribution >= 0.6 is 11.6 Å². The SMILES string of the molecule is N#Cc1oc2ccccc2c1OCc1ccc(F)c(Cl)c1. The van der Waals surface area contributed by atoms with Crippen LogP contribution in [0, 0.1) is 17.1 Å². The molecule has 0 unspecified atom stereocenters. The molecule has 0 bridgehead atoms. The van der Waals surface area contributed by atoms with E-state index in [-0.39, 0.29) is 17.4 Å². The predicted octanol–water partition coefficient (Wildman–Crippen LogP) is 4.68. The largest absolute Gasteiger partial charge is 0.483 e. The Morgan fingerprint density at radius 2 is 2.05 bits per heavy atom. The Labute approximate surface area is 125 Å². The van der Waals surface area contributed by atoms with Crippen molar-refractivity contribution in [1.82, 2.24) is 0 Å². The topological polar surface area (TPSA) is 46.2 Å². The summed E-state index contributed by atoms with van der Waals surface area (Å²) in [7, 11) is 0. The lowest BCUT2D eigenvalue weighted by atomic mass is 10.2. The van der Waals surface area contributed by atoms with E-state index in [4.69, 9.17) is 26.0 Å². The average Bonchev–Trinajstić information content (AvgIpc) is 2.86. The normalized spacial score (nSPS) is 10.5. The molecule has 0 saturated heterocycles. The molecular formula is C16H9ClFNO2. The fourth-order valence-electron chi connectivity index (χ4n) is 2.02. The molecule has 1 aromatic heterocycles. The Morgan fingerprint density at radius 1 is 1.24 bits per heavy atom. The molecule has 3 rings (SSSR count). The second-order valence-corrected chi connectivity index (χ2v) is 4.81. The molecule has 0 aliphatic heterocycles. The van der Waals surface area contributed by atoms with Crippen molar-refractivity contribution in [3.8, 4) is 11.8 Å². The van der Waals surface area contributed by atoms with Gasteiger partial charge >= 0.3 is 0 Å². The van der Waals surface area contributed by atoms with Gasteiger partial charge in [-0.05, 0) is 29.8 Å². The molecule has 0 spiro atoms. The van der Waals surface area contributed by atoms with E-state index < -0.39 is 5.82 Å². The maximum absolute atomic E-state index is 13.1. The summed E-state index contributed by atoms with van der Waals surface area (Å²) >= 11 is 5.73. The molecular weight excluding hydrogens is 293 g/mol. The van der Waals surface area contributed by atoms with E-state index in [1.165, 1.54) is 12.1 Å². The Hall–Kier alpha value is -2.51. The number of rotatable bonds is 3. The summed E-state index contributed by atoms with van der Waals surface area (Å²) in [5, 5.41) is 9.86. The van der Waals surface area contributed by atoms with E-state index in [2.05, 4.69) is 0 Å². The summed E-state index contributed by atoms with van der Waals surface area (Å²) in [5.74, 6) is 0.0184. The van der Waals surface area contributed by atoms with Crippen molar-refractivity contribution in [3.63, 3.8) is 0 Å². The number of nitriles is 1. The summed E-state index contributed by atoms with van der Waals surface area (Å²) in [4.78, 5) is 0. The standard InChI is InChI=1S/C16H9ClFNO2/c17-12-7-10(5-6-13(12)18)9-20-16-11-3-1-2-4-14(11)21-15(16)8-19/h1-7H,9H2. The second-order valence-electron chi connectivity index (χ2n) is 4.41. The molecule has 5 heteroatoms. The lowest BCUT2D eigenvalue weighted by molar-refractivity contribution is 0.303. The van der Waals surface area contributed by atoms with Crippen LogP contribution in [0.2, 0.25) is 5.02 Å². The number of benzene rings is 2. The molecule has 0 atom stereocenters. The third-order valence-corrected chi connectivity index (χ3v) is 3.31. The van der Waals surface area contributed by atoms with Crippen LogP contribution in [-0.4, -0.2) is 0 Å². The Bertz CT molecular complexity index is 851. The van der Waals surface area contributed by atoms with Crippen LogP contribution in [0.4, 0.5) is 4.39 Å². The van der Waals surface area contributed by atoms with Gasteiger partial charge in [-0.2, -0.15) is 5.26 Å². The maximum atomic E-state index is 13.1. The van der Waals surface area contributed by atoms with Crippen molar-refractivity contribution in [3.05, 3.63) is 64.6 Å². The minimum Gasteiger partial charge on any atom is -0.483 e. The van der Waals surface area contributed by atoms with Gasteiger partial charge in [0.05, 0.1) is 10.4 Å². The van der Waals surface area contributed by atoms with Crippen LogP contribution in [0.3, 0.4) is 0 Å². The van der Waals surface area contributed by atoms with E-state index in [0.29, 0.717) is 16.9 Å². The van der Waals surface area contributed by atoms with Gasteiger partial charge < -0.3 is 9.15 Å². The van der Waals surface area contributed by atoms with Gasteiger partial charge in [0.2, 0.25) is 5.76 Å². The van der Waals surface area contributed by atoms with Gasteiger partial charge in [-0.15, -0.1) is 0 Å². The van der Waals surface area contributed by atoms with E-state index in [0.717, 1.165) is 5.39 Å². The Kier molecular flexibility index (Phi) is 3.51. The summed E-state index contributed by atoms with van der Waals surface area (Å²) < 4.78 is 24.2. The molecule has 3 aromatic rings. The molecule has 0 fully saturated rings. The molecule has 0 aliphatic rings. The molecule has 0 radical (unpaired) electrons. The summed E-state index contributed by atoms with van der Waals surface area (Å²) in [6, 6.07) is 13.5. The highest BCUT2D eigenvalue weighted by Gasteiger charge is 2.15. The smallest absolute Gasteiger partial charge is 0.246 e. The fraction of sp³-hybridized carbons (Fsp3) is 0.0625. The van der Waals surface area contributed by atoms with Crippen molar-refractivity contribution < 1.29 is 13.5 Å². The number of nitrogens with zero attached hydrogens (tertiary/aromatic N) is 1. The number of hydrogen-bond acceptors (Lipinski definition) is 3. The lowest BCUT2D eigenvalue weighted by Crippen LogP contribution is -1.96. The van der Waals surface area contributed by atoms with E-state index >= 15 is 0 Å². The third-order valence-electron chi connectivity index (χ3n) is 3.02. The first-order valence-corrected chi connectivity index (χ1v) is 6.55. The molecule has 1 heterocycles. The molecule has 0 amide bonds. The molecule has 0 N–H and O–H groups in total. The van der Waals surface area contributed by atoms with Crippen molar-refractivity contribution >= 4 is 22.6 Å². The van der Waals surface area contributed by atoms with Crippen LogP contribution < -0.4 is 4.74 Å². The monoisotopic (exact) mass is 301 g/mol. The average molecular weight is 302 g/mol. The maximum Gasteiger partial charge on any atom is 0.246 e. The van der Waals surface area contributed by atoms with Crippen molar-refractivity contribution in [2.45, 2.75) is 6.61 Å². The third kappa shape index (κ3) is 2.56. The van der Waals surface area contributed by atoms with Crippen LogP contribution in [0.25, 0.3) is 11.0 Å². The highest BCUT2D eigenvalue weighted by Crippen LogP contribution is 2.33. The molecule has 0 saturated carbocycles. The van der Waals surface area contributed by atoms with Gasteiger partial charge in [0, 0.05) is 0 Å². The highest BCUT2D eigenvalue weighted by atomic mass is 35.5. The van der Waals surface area contributed by atoms with E-state index in [1.807, 2.05) is 24.3 Å². The summed E-state index contributed by atoms with van der Waals surface area (Å²) in [5.41, 5.74) is 1.29. The Morgan fingerprint density at radius 3 is 2.81 bits per heavy atom. The first-order chi connectivity index (χ1) is 10.2. The van der Waals surface area contributed by atoms with E-state index in [9.17, 15) is 4.39 Å². The predicted molar refractivity (Wildman–Crippen MR) is 76.7 cm³/mol. The van der Waals surface area contributed by atoms with Crippen molar-refractivity contribution in [1.29, 1.82) is 5.26 Å². The van der Waals surface area contributed by atoms with Crippen LogP contribution in [-0.2, 0) is 6.61 Å². The highest BCUT2D eigenvalue weighted by molar-refractivity contribution is 6.30. The quantitative estimate of drug-likeness (QED) is 0.706. The summed E-state index contributed by atoms with van der Waals surface area (Å²) in [6.07, 6.45) is 0. The molecule has 0 aliphatic carbocycles. The van der Waals surface area contributed by atoms with E-state index in [1.54, 1.807) is 12.1 Å². The van der Waals surface area contributed by atoms with Gasteiger partial charge in [-0.3, -0.25) is 0 Å². The van der Waals surface area contributed by atoms with Crippen LogP contribution in [0.5, 0.6) is 5.75 Å². The molecule has 3 nitrogen and oxygen atoms in total. The number of ether oxygens (including phenoxy) is 1. The van der Waals surface area contributed by atoms with Crippen molar-refractivity contribution in [2.75, 3.05) is 0 Å². The van der Waals surface area contributed by atoms with Gasteiger partial charge in [0.15, 0.2) is 5.75 Å². The van der Waals surface area contributed by atoms with Gasteiger partial charge in [-0.25, -0.2) is 4.39 Å². The molecule has 104 valence electrons. The zero-order chi connectivity index (χ0) is 14.8. The van der Waals surface area contributed by atoms with Gasteiger partial charge in [0.25, 0.3) is 0 Å². The fourth-order valence-corrected chi connectivity index (χ4v) is 2.23. The minimum atomic E-state index is -0.480. The number of halogens is 2. The number of fused-ring (bicyclic) bond motifs is 1. The van der Waals surface area contributed by atoms with Crippen LogP contribution in [0.1, 0.15) is 11.3 Å². The second kappa shape index (κ2) is 5.47. The van der Waals surface area contributed by atoms with Gasteiger partial charge in [0.1, 0.15) is 24.1 Å². The first-order valence-electron chi connectivity index (χ1n) is 6.17. The zero-order valence-electron chi connectivity index (χ0n) is 10.8. The number of furan rings is 1.